The van der Waals surface area contributed by atoms with Crippen LogP contribution in [0.3, 0.4) is 0 Å². The van der Waals surface area contributed by atoms with E-state index in [9.17, 15) is 4.79 Å². The zero-order chi connectivity index (χ0) is 22.1. The van der Waals surface area contributed by atoms with Crippen LogP contribution in [0.2, 0.25) is 0 Å². The van der Waals surface area contributed by atoms with Crippen molar-refractivity contribution in [1.29, 1.82) is 0 Å². The minimum Gasteiger partial charge on any atom is -0.465 e. The van der Waals surface area contributed by atoms with Gasteiger partial charge < -0.3 is 14.6 Å². The lowest BCUT2D eigenvalue weighted by atomic mass is 10.0. The fourth-order valence-corrected chi connectivity index (χ4v) is 4.42. The van der Waals surface area contributed by atoms with Gasteiger partial charge in [0.15, 0.2) is 0 Å². The van der Waals surface area contributed by atoms with E-state index in [0.717, 1.165) is 21.3 Å². The molecule has 0 fully saturated rings. The van der Waals surface area contributed by atoms with Gasteiger partial charge in [-0.3, -0.25) is 4.98 Å². The molecule has 1 unspecified atom stereocenters. The van der Waals surface area contributed by atoms with Crippen LogP contribution in [0.4, 0.5) is 5.82 Å². The number of hydrogen-bond donors (Lipinski definition) is 1. The smallest absolute Gasteiger partial charge is 0.348 e. The number of nitrogens with zero attached hydrogens (tertiary/aromatic N) is 5. The van der Waals surface area contributed by atoms with Crippen LogP contribution in [0, 0.1) is 19.8 Å². The van der Waals surface area contributed by atoms with Gasteiger partial charge in [-0.15, -0.1) is 11.3 Å². The van der Waals surface area contributed by atoms with Gasteiger partial charge >= 0.3 is 5.97 Å². The number of thiophene rings is 1. The Balaban J connectivity index is 1.75. The van der Waals surface area contributed by atoms with Gasteiger partial charge in [-0.25, -0.2) is 14.8 Å². The van der Waals surface area contributed by atoms with Gasteiger partial charge in [0.1, 0.15) is 27.4 Å². The van der Waals surface area contributed by atoms with E-state index in [1.54, 1.807) is 12.4 Å². The quantitative estimate of drug-likeness (QED) is 0.439. The second-order valence-electron chi connectivity index (χ2n) is 7.41. The normalized spacial score (nSPS) is 12.3. The molecule has 0 saturated heterocycles. The number of nitrogens with one attached hydrogen (secondary N) is 1. The molecule has 0 spiro atoms. The second kappa shape index (κ2) is 8.38. The van der Waals surface area contributed by atoms with Crippen LogP contribution in [-0.4, -0.2) is 38.2 Å². The Hall–Kier alpha value is -3.40. The van der Waals surface area contributed by atoms with E-state index in [2.05, 4.69) is 44.3 Å². The molecule has 31 heavy (non-hydrogen) atoms. The summed E-state index contributed by atoms with van der Waals surface area (Å²) in [6, 6.07) is 3.40. The Labute approximate surface area is 182 Å². The Bertz CT molecular complexity index is 1230. The minimum absolute atomic E-state index is 0.117. The molecule has 0 amide bonds. The topological polar surface area (TPSA) is 116 Å². The minimum atomic E-state index is -0.387. The first-order valence-corrected chi connectivity index (χ1v) is 10.6. The van der Waals surface area contributed by atoms with Crippen LogP contribution < -0.4 is 5.32 Å². The molecule has 10 heteroatoms. The van der Waals surface area contributed by atoms with Crippen molar-refractivity contribution < 1.29 is 14.1 Å². The predicted molar refractivity (Wildman–Crippen MR) is 117 cm³/mol. The van der Waals surface area contributed by atoms with Crippen molar-refractivity contribution in [3.8, 4) is 11.4 Å². The lowest BCUT2D eigenvalue weighted by Gasteiger charge is -2.20. The van der Waals surface area contributed by atoms with Crippen molar-refractivity contribution >= 4 is 33.3 Å². The summed E-state index contributed by atoms with van der Waals surface area (Å²) < 4.78 is 10.5. The van der Waals surface area contributed by atoms with Crippen molar-refractivity contribution in [3.63, 3.8) is 0 Å². The fourth-order valence-electron chi connectivity index (χ4n) is 3.27. The number of carbonyl (C=O) groups excluding carboxylic acids is 1. The standard InChI is InChI=1S/C21H22N6O3S/c1-10(2)15(19-26-17(27-30-19)13-7-6-8-22-9-13)25-18-14-11(3)16(21(28)29-5)31-20(14)24-12(4)23-18/h6-10,15H,1-5H3,(H,23,24,25). The van der Waals surface area contributed by atoms with E-state index in [1.807, 2.05) is 26.0 Å². The van der Waals surface area contributed by atoms with E-state index < -0.39 is 0 Å². The molecule has 0 radical (unpaired) electrons. The number of carbonyl (C=O) groups is 1. The molecule has 4 rings (SSSR count). The Morgan fingerprint density at radius 3 is 2.71 bits per heavy atom. The molecule has 9 nitrogen and oxygen atoms in total. The van der Waals surface area contributed by atoms with Crippen LogP contribution in [0.25, 0.3) is 21.6 Å². The number of hydrogen-bond acceptors (Lipinski definition) is 10. The third-order valence-corrected chi connectivity index (χ3v) is 6.02. The first-order chi connectivity index (χ1) is 14.9. The third kappa shape index (κ3) is 3.98. The van der Waals surface area contributed by atoms with Crippen LogP contribution >= 0.6 is 11.3 Å². The molecule has 0 aromatic carbocycles. The lowest BCUT2D eigenvalue weighted by molar-refractivity contribution is 0.0605. The molecule has 0 aliphatic heterocycles. The molecule has 0 aliphatic rings. The van der Waals surface area contributed by atoms with Gasteiger partial charge in [0.25, 0.3) is 0 Å². The number of anilines is 1. The van der Waals surface area contributed by atoms with Crippen molar-refractivity contribution in [2.24, 2.45) is 5.92 Å². The van der Waals surface area contributed by atoms with Crippen LogP contribution in [0.5, 0.6) is 0 Å². The third-order valence-electron chi connectivity index (χ3n) is 4.86. The summed E-state index contributed by atoms with van der Waals surface area (Å²) in [5, 5.41) is 8.34. The van der Waals surface area contributed by atoms with Crippen molar-refractivity contribution in [2.75, 3.05) is 12.4 Å². The summed E-state index contributed by atoms with van der Waals surface area (Å²) in [4.78, 5) is 31.2. The van der Waals surface area contributed by atoms with E-state index >= 15 is 0 Å². The van der Waals surface area contributed by atoms with Crippen LogP contribution in [0.15, 0.2) is 29.0 Å². The molecular weight excluding hydrogens is 416 g/mol. The zero-order valence-electron chi connectivity index (χ0n) is 17.8. The molecule has 1 N–H and O–H groups in total. The number of esters is 1. The molecular formula is C21H22N6O3S. The highest BCUT2D eigenvalue weighted by Crippen LogP contribution is 2.36. The van der Waals surface area contributed by atoms with Gasteiger partial charge in [0.2, 0.25) is 11.7 Å². The molecule has 0 aliphatic carbocycles. The average Bonchev–Trinajstić information content (AvgIpc) is 3.37. The van der Waals surface area contributed by atoms with E-state index in [1.165, 1.54) is 18.4 Å². The highest BCUT2D eigenvalue weighted by molar-refractivity contribution is 7.20. The number of ether oxygens (including phenoxy) is 1. The highest BCUT2D eigenvalue weighted by atomic mass is 32.1. The number of aryl methyl sites for hydroxylation is 2. The van der Waals surface area contributed by atoms with Crippen molar-refractivity contribution in [1.82, 2.24) is 25.1 Å². The Kier molecular flexibility index (Phi) is 5.64. The summed E-state index contributed by atoms with van der Waals surface area (Å²) in [5.41, 5.74) is 1.55. The Morgan fingerprint density at radius 2 is 2.03 bits per heavy atom. The Morgan fingerprint density at radius 1 is 1.23 bits per heavy atom. The summed E-state index contributed by atoms with van der Waals surface area (Å²) in [5.74, 6) is 1.86. The van der Waals surface area contributed by atoms with Gasteiger partial charge in [-0.1, -0.05) is 19.0 Å². The summed E-state index contributed by atoms with van der Waals surface area (Å²) in [7, 11) is 1.37. The molecule has 4 heterocycles. The van der Waals surface area contributed by atoms with Gasteiger partial charge in [-0.2, -0.15) is 4.98 Å². The van der Waals surface area contributed by atoms with Gasteiger partial charge in [0, 0.05) is 18.0 Å². The van der Waals surface area contributed by atoms with Crippen LogP contribution in [0.1, 0.15) is 46.8 Å². The van der Waals surface area contributed by atoms with Gasteiger partial charge in [0.05, 0.1) is 12.5 Å². The largest absolute Gasteiger partial charge is 0.465 e. The van der Waals surface area contributed by atoms with Crippen molar-refractivity contribution in [2.45, 2.75) is 33.7 Å². The number of aromatic nitrogens is 5. The second-order valence-corrected chi connectivity index (χ2v) is 8.41. The average molecular weight is 439 g/mol. The molecule has 4 aromatic heterocycles. The van der Waals surface area contributed by atoms with Crippen LogP contribution in [-0.2, 0) is 4.74 Å². The SMILES string of the molecule is COC(=O)c1sc2nc(C)nc(NC(c3nc(-c4cccnc4)no3)C(C)C)c2c1C. The number of fused-ring (bicyclic) bond motifs is 1. The molecule has 4 aromatic rings. The number of rotatable bonds is 6. The summed E-state index contributed by atoms with van der Waals surface area (Å²) in [6.45, 7) is 7.79. The number of pyridine rings is 1. The monoisotopic (exact) mass is 438 g/mol. The molecule has 0 saturated carbocycles. The summed E-state index contributed by atoms with van der Waals surface area (Å²) >= 11 is 1.29. The fraction of sp³-hybridized carbons (Fsp3) is 0.333. The van der Waals surface area contributed by atoms with E-state index in [-0.39, 0.29) is 17.9 Å². The maximum atomic E-state index is 12.2. The lowest BCUT2D eigenvalue weighted by Crippen LogP contribution is -2.18. The van der Waals surface area contributed by atoms with Gasteiger partial charge in [-0.05, 0) is 37.5 Å². The van der Waals surface area contributed by atoms with E-state index in [0.29, 0.717) is 28.2 Å². The predicted octanol–water partition coefficient (Wildman–Crippen LogP) is 4.35. The maximum Gasteiger partial charge on any atom is 0.348 e. The first kappa shape index (κ1) is 20.9. The maximum absolute atomic E-state index is 12.2. The molecule has 0 bridgehead atoms. The molecule has 160 valence electrons. The number of methoxy groups -OCH3 is 1. The van der Waals surface area contributed by atoms with Crippen molar-refractivity contribution in [3.05, 3.63) is 46.7 Å². The van der Waals surface area contributed by atoms with E-state index in [4.69, 9.17) is 9.26 Å². The zero-order valence-corrected chi connectivity index (χ0v) is 18.6. The highest BCUT2D eigenvalue weighted by Gasteiger charge is 2.27. The first-order valence-electron chi connectivity index (χ1n) is 9.75. The summed E-state index contributed by atoms with van der Waals surface area (Å²) in [6.07, 6.45) is 3.38. The molecule has 1 atom stereocenters.